The zero-order valence-electron chi connectivity index (χ0n) is 18.2. The van der Waals surface area contributed by atoms with Gasteiger partial charge in [0.2, 0.25) is 0 Å². The van der Waals surface area contributed by atoms with Crippen LogP contribution in [0.15, 0.2) is 61.6 Å². The number of thioether (sulfide) groups is 1. The first-order valence-electron chi connectivity index (χ1n) is 11.5. The number of nitrogens with zero attached hydrogens (tertiary/aromatic N) is 2. The Bertz CT molecular complexity index is 1480. The molecule has 2 aromatic heterocycles. The van der Waals surface area contributed by atoms with Gasteiger partial charge < -0.3 is 9.15 Å². The minimum Gasteiger partial charge on any atom is -0.423 e. The van der Waals surface area contributed by atoms with Gasteiger partial charge in [-0.2, -0.15) is 0 Å². The van der Waals surface area contributed by atoms with Crippen LogP contribution >= 0.6 is 11.8 Å². The van der Waals surface area contributed by atoms with Crippen LogP contribution in [-0.4, -0.2) is 22.3 Å². The van der Waals surface area contributed by atoms with Crippen molar-refractivity contribution in [3.05, 3.63) is 79.9 Å². The van der Waals surface area contributed by atoms with E-state index < -0.39 is 0 Å². The maximum absolute atomic E-state index is 13.3. The zero-order chi connectivity index (χ0) is 22.4. The highest BCUT2D eigenvalue weighted by Crippen LogP contribution is 2.31. The largest absolute Gasteiger partial charge is 0.423 e. The van der Waals surface area contributed by atoms with Gasteiger partial charge in [0.15, 0.2) is 5.16 Å². The Balaban J connectivity index is 1.40. The van der Waals surface area contributed by atoms with Crippen molar-refractivity contribution in [2.24, 2.45) is 0 Å². The molecule has 1 aliphatic carbocycles. The highest BCUT2D eigenvalue weighted by atomic mass is 32.2. The van der Waals surface area contributed by atoms with Crippen molar-refractivity contribution < 1.29 is 9.15 Å². The number of aryl methyl sites for hydroxylation is 2. The lowest BCUT2D eigenvalue weighted by molar-refractivity contribution is 0.0937. The predicted octanol–water partition coefficient (Wildman–Crippen LogP) is 4.46. The summed E-state index contributed by atoms with van der Waals surface area (Å²) in [4.78, 5) is 30.4. The molecular formula is C26H24N2O4S. The van der Waals surface area contributed by atoms with Gasteiger partial charge in [-0.3, -0.25) is 9.36 Å². The van der Waals surface area contributed by atoms with E-state index in [1.165, 1.54) is 22.9 Å². The second kappa shape index (κ2) is 8.47. The predicted molar refractivity (Wildman–Crippen MR) is 129 cm³/mol. The van der Waals surface area contributed by atoms with Crippen LogP contribution in [0.5, 0.6) is 0 Å². The Morgan fingerprint density at radius 3 is 2.73 bits per heavy atom. The van der Waals surface area contributed by atoms with Crippen molar-refractivity contribution in [2.75, 3.05) is 6.61 Å². The van der Waals surface area contributed by atoms with Crippen LogP contribution in [0.1, 0.15) is 36.0 Å². The van der Waals surface area contributed by atoms with Crippen molar-refractivity contribution >= 4 is 33.6 Å². The molecule has 0 bridgehead atoms. The molecule has 2 aromatic carbocycles. The highest BCUT2D eigenvalue weighted by molar-refractivity contribution is 7.98. The third-order valence-electron chi connectivity index (χ3n) is 6.64. The van der Waals surface area contributed by atoms with Crippen LogP contribution < -0.4 is 11.2 Å². The molecule has 1 atom stereocenters. The summed E-state index contributed by atoms with van der Waals surface area (Å²) in [6, 6.07) is 13.2. The molecule has 2 aliphatic rings. The minimum atomic E-state index is -0.348. The molecule has 0 unspecified atom stereocenters. The SMILES string of the molecule is O=c1cc(CSc2nc3ccccc3c(=O)n2C[C@H]2CCCO2)c2cc3c(cc2o1)CCC3. The number of benzene rings is 2. The molecule has 1 fully saturated rings. The molecule has 0 radical (unpaired) electrons. The molecule has 6 nitrogen and oxygen atoms in total. The number of rotatable bonds is 5. The Labute approximate surface area is 194 Å². The lowest BCUT2D eigenvalue weighted by atomic mass is 10.0. The molecule has 0 N–H and O–H groups in total. The van der Waals surface area contributed by atoms with Crippen molar-refractivity contribution in [1.82, 2.24) is 9.55 Å². The van der Waals surface area contributed by atoms with E-state index in [1.807, 2.05) is 30.3 Å². The third kappa shape index (κ3) is 3.89. The molecule has 0 spiro atoms. The number of aromatic nitrogens is 2. The van der Waals surface area contributed by atoms with Gasteiger partial charge in [-0.15, -0.1) is 0 Å². The average molecular weight is 461 g/mol. The van der Waals surface area contributed by atoms with Crippen molar-refractivity contribution in [1.29, 1.82) is 0 Å². The van der Waals surface area contributed by atoms with E-state index in [0.29, 0.717) is 33.9 Å². The number of hydrogen-bond acceptors (Lipinski definition) is 6. The Morgan fingerprint density at radius 2 is 1.88 bits per heavy atom. The van der Waals surface area contributed by atoms with Crippen molar-refractivity contribution in [3.8, 4) is 0 Å². The smallest absolute Gasteiger partial charge is 0.336 e. The second-order valence-corrected chi connectivity index (χ2v) is 9.75. The fraction of sp³-hybridized carbons (Fsp3) is 0.346. The molecule has 1 aliphatic heterocycles. The summed E-state index contributed by atoms with van der Waals surface area (Å²) in [5.41, 5.74) is 4.45. The molecule has 6 rings (SSSR count). The molecule has 1 saturated heterocycles. The lowest BCUT2D eigenvalue weighted by Crippen LogP contribution is -2.28. The normalized spacial score (nSPS) is 17.8. The first-order chi connectivity index (χ1) is 16.2. The number of ether oxygens (including phenoxy) is 1. The van der Waals surface area contributed by atoms with E-state index in [2.05, 4.69) is 6.07 Å². The fourth-order valence-corrected chi connectivity index (χ4v) is 5.97. The fourth-order valence-electron chi connectivity index (χ4n) is 4.97. The molecule has 7 heteroatoms. The monoisotopic (exact) mass is 460 g/mol. The number of fused-ring (bicyclic) bond motifs is 3. The van der Waals surface area contributed by atoms with Gasteiger partial charge in [0, 0.05) is 23.8 Å². The molecule has 3 heterocycles. The molecule has 168 valence electrons. The Kier molecular flexibility index (Phi) is 5.31. The maximum atomic E-state index is 13.3. The quantitative estimate of drug-likeness (QED) is 0.249. The number of para-hydroxylation sites is 1. The molecular weight excluding hydrogens is 436 g/mol. The highest BCUT2D eigenvalue weighted by Gasteiger charge is 2.21. The topological polar surface area (TPSA) is 74.3 Å². The summed E-state index contributed by atoms with van der Waals surface area (Å²) in [5, 5.41) is 2.23. The summed E-state index contributed by atoms with van der Waals surface area (Å²) < 4.78 is 13.1. The van der Waals surface area contributed by atoms with Crippen LogP contribution in [0.25, 0.3) is 21.9 Å². The van der Waals surface area contributed by atoms with Crippen LogP contribution in [0.2, 0.25) is 0 Å². The molecule has 33 heavy (non-hydrogen) atoms. The van der Waals surface area contributed by atoms with Gasteiger partial charge in [-0.1, -0.05) is 23.9 Å². The summed E-state index contributed by atoms with van der Waals surface area (Å²) >= 11 is 1.49. The first kappa shape index (κ1) is 20.7. The summed E-state index contributed by atoms with van der Waals surface area (Å²) in [5.74, 6) is 0.525. The van der Waals surface area contributed by atoms with Crippen molar-refractivity contribution in [2.45, 2.75) is 55.7 Å². The summed E-state index contributed by atoms with van der Waals surface area (Å²) in [7, 11) is 0. The van der Waals surface area contributed by atoms with Crippen LogP contribution in [-0.2, 0) is 29.9 Å². The van der Waals surface area contributed by atoms with E-state index in [9.17, 15) is 9.59 Å². The van der Waals surface area contributed by atoms with Crippen LogP contribution in [0.4, 0.5) is 0 Å². The number of hydrogen-bond donors (Lipinski definition) is 0. The second-order valence-electron chi connectivity index (χ2n) is 8.81. The van der Waals surface area contributed by atoms with E-state index in [4.69, 9.17) is 14.1 Å². The standard InChI is InChI=1S/C26H24N2O4S/c29-24-13-18(21-11-16-5-3-6-17(16)12-23(21)32-24)15-33-26-27-22-9-2-1-8-20(22)25(30)28(26)14-19-7-4-10-31-19/h1-2,8-9,11-13,19H,3-7,10,14-15H2/t19-/m1/s1. The van der Waals surface area contributed by atoms with Gasteiger partial charge in [0.05, 0.1) is 23.6 Å². The lowest BCUT2D eigenvalue weighted by Gasteiger charge is -2.16. The molecule has 0 amide bonds. The van der Waals surface area contributed by atoms with Gasteiger partial charge in [-0.25, -0.2) is 9.78 Å². The van der Waals surface area contributed by atoms with Gasteiger partial charge in [0.25, 0.3) is 5.56 Å². The molecule has 0 saturated carbocycles. The summed E-state index contributed by atoms with van der Waals surface area (Å²) in [6.07, 6.45) is 5.21. The van der Waals surface area contributed by atoms with E-state index >= 15 is 0 Å². The zero-order valence-corrected chi connectivity index (χ0v) is 19.0. The van der Waals surface area contributed by atoms with Gasteiger partial charge in [-0.05, 0) is 73.1 Å². The van der Waals surface area contributed by atoms with Crippen LogP contribution in [0, 0.1) is 0 Å². The molecule has 4 aromatic rings. The first-order valence-corrected chi connectivity index (χ1v) is 12.5. The van der Waals surface area contributed by atoms with E-state index in [1.54, 1.807) is 10.6 Å². The van der Waals surface area contributed by atoms with Crippen molar-refractivity contribution in [3.63, 3.8) is 0 Å². The third-order valence-corrected chi connectivity index (χ3v) is 7.66. The average Bonchev–Trinajstić information content (AvgIpc) is 3.50. The Hall–Kier alpha value is -2.90. The summed E-state index contributed by atoms with van der Waals surface area (Å²) in [6.45, 7) is 1.23. The van der Waals surface area contributed by atoms with Gasteiger partial charge in [0.1, 0.15) is 5.58 Å². The minimum absolute atomic E-state index is 0.0252. The Morgan fingerprint density at radius 1 is 1.03 bits per heavy atom. The maximum Gasteiger partial charge on any atom is 0.336 e. The van der Waals surface area contributed by atoms with E-state index in [0.717, 1.165) is 49.7 Å². The van der Waals surface area contributed by atoms with E-state index in [-0.39, 0.29) is 17.3 Å². The van der Waals surface area contributed by atoms with Crippen LogP contribution in [0.3, 0.4) is 0 Å². The van der Waals surface area contributed by atoms with Gasteiger partial charge >= 0.3 is 5.63 Å².